The number of anilines is 1. The van der Waals surface area contributed by atoms with Crippen LogP contribution in [0.5, 0.6) is 11.5 Å². The van der Waals surface area contributed by atoms with Gasteiger partial charge in [-0.15, -0.1) is 0 Å². The third kappa shape index (κ3) is 2.57. The van der Waals surface area contributed by atoms with Gasteiger partial charge in [-0.25, -0.2) is 0 Å². The summed E-state index contributed by atoms with van der Waals surface area (Å²) in [4.78, 5) is 10.2. The first-order chi connectivity index (χ1) is 10.0. The molecule has 2 aromatic carbocycles. The van der Waals surface area contributed by atoms with Crippen molar-refractivity contribution >= 4 is 23.0 Å². The highest BCUT2D eigenvalue weighted by Crippen LogP contribution is 2.37. The van der Waals surface area contributed by atoms with E-state index < -0.39 is 4.92 Å². The van der Waals surface area contributed by atoms with Crippen molar-refractivity contribution < 1.29 is 14.8 Å². The maximum atomic E-state index is 10.7. The summed E-state index contributed by atoms with van der Waals surface area (Å²) in [5.74, 6) is 0.772. The molecule has 6 nitrogen and oxygen atoms in total. The molecule has 2 N–H and O–H groups in total. The molecule has 108 valence electrons. The number of fused-ring (bicyclic) bond motifs is 1. The molecule has 0 aliphatic carbocycles. The number of phenols is 1. The van der Waals surface area contributed by atoms with Crippen LogP contribution in [0.1, 0.15) is 11.6 Å². The van der Waals surface area contributed by atoms with Gasteiger partial charge in [0.2, 0.25) is 0 Å². The fraction of sp³-hybridized carbons (Fsp3) is 0.143. The zero-order valence-corrected chi connectivity index (χ0v) is 11.5. The first-order valence-corrected chi connectivity index (χ1v) is 6.58. The normalized spacial score (nSPS) is 16.1. The number of benzene rings is 2. The number of aromatic hydroxyl groups is 1. The van der Waals surface area contributed by atoms with Crippen LogP contribution >= 0.6 is 11.6 Å². The van der Waals surface area contributed by atoms with Gasteiger partial charge in [0.25, 0.3) is 5.69 Å². The third-order valence-electron chi connectivity index (χ3n) is 3.26. The quantitative estimate of drug-likeness (QED) is 0.669. The number of nitrogens with zero attached hydrogens (tertiary/aromatic N) is 1. The van der Waals surface area contributed by atoms with Crippen molar-refractivity contribution in [1.29, 1.82) is 0 Å². The van der Waals surface area contributed by atoms with Gasteiger partial charge in [-0.2, -0.15) is 0 Å². The van der Waals surface area contributed by atoms with Crippen LogP contribution in [-0.4, -0.2) is 16.6 Å². The molecule has 1 heterocycles. The highest BCUT2D eigenvalue weighted by molar-refractivity contribution is 6.32. The van der Waals surface area contributed by atoms with Crippen LogP contribution in [0.25, 0.3) is 0 Å². The van der Waals surface area contributed by atoms with Crippen molar-refractivity contribution in [2.45, 2.75) is 6.04 Å². The van der Waals surface area contributed by atoms with Gasteiger partial charge in [0.1, 0.15) is 23.1 Å². The average molecular weight is 307 g/mol. The van der Waals surface area contributed by atoms with E-state index in [0.29, 0.717) is 18.0 Å². The molecular formula is C14H11ClN2O4. The Bertz CT molecular complexity index is 720. The first-order valence-electron chi connectivity index (χ1n) is 6.21. The van der Waals surface area contributed by atoms with Crippen LogP contribution < -0.4 is 10.1 Å². The predicted octanol–water partition coefficient (Wildman–Crippen LogP) is 3.50. The lowest BCUT2D eigenvalue weighted by Crippen LogP contribution is -2.11. The summed E-state index contributed by atoms with van der Waals surface area (Å²) in [6.07, 6.45) is 0. The standard InChI is InChI=1S/C14H11ClN2O4/c15-11-5-8(1-4-13(11)17(19)20)16-12-7-21-14-6-9(18)2-3-10(12)14/h1-6,12,16,18H,7H2. The minimum Gasteiger partial charge on any atom is -0.508 e. The molecule has 1 aliphatic rings. The highest BCUT2D eigenvalue weighted by Gasteiger charge is 2.24. The summed E-state index contributed by atoms with van der Waals surface area (Å²) >= 11 is 5.88. The van der Waals surface area contributed by atoms with Crippen molar-refractivity contribution in [3.05, 3.63) is 57.1 Å². The molecule has 0 saturated heterocycles. The van der Waals surface area contributed by atoms with Crippen molar-refractivity contribution in [2.75, 3.05) is 11.9 Å². The zero-order valence-electron chi connectivity index (χ0n) is 10.7. The zero-order chi connectivity index (χ0) is 15.0. The summed E-state index contributed by atoms with van der Waals surface area (Å²) in [5.41, 5.74) is 1.46. The second-order valence-corrected chi connectivity index (χ2v) is 5.06. The van der Waals surface area contributed by atoms with Gasteiger partial charge >= 0.3 is 0 Å². The first kappa shape index (κ1) is 13.5. The van der Waals surface area contributed by atoms with E-state index in [1.54, 1.807) is 24.3 Å². The van der Waals surface area contributed by atoms with E-state index in [-0.39, 0.29) is 22.5 Å². The number of rotatable bonds is 3. The van der Waals surface area contributed by atoms with Crippen molar-refractivity contribution in [1.82, 2.24) is 0 Å². The molecule has 0 fully saturated rings. The van der Waals surface area contributed by atoms with Crippen LogP contribution in [0.2, 0.25) is 5.02 Å². The Morgan fingerprint density at radius 2 is 2.14 bits per heavy atom. The van der Waals surface area contributed by atoms with E-state index in [1.807, 2.05) is 0 Å². The molecule has 1 aliphatic heterocycles. The summed E-state index contributed by atoms with van der Waals surface area (Å²) < 4.78 is 5.49. The second-order valence-electron chi connectivity index (χ2n) is 4.65. The van der Waals surface area contributed by atoms with Crippen LogP contribution in [0.4, 0.5) is 11.4 Å². The van der Waals surface area contributed by atoms with Gasteiger partial charge in [-0.05, 0) is 24.3 Å². The number of nitro groups is 1. The molecule has 3 rings (SSSR count). The Balaban J connectivity index is 1.83. The van der Waals surface area contributed by atoms with Crippen molar-refractivity contribution in [3.8, 4) is 11.5 Å². The Kier molecular flexibility index (Phi) is 3.31. The van der Waals surface area contributed by atoms with E-state index in [9.17, 15) is 15.2 Å². The highest BCUT2D eigenvalue weighted by atomic mass is 35.5. The molecule has 0 aromatic heterocycles. The van der Waals surface area contributed by atoms with E-state index in [1.165, 1.54) is 12.1 Å². The Morgan fingerprint density at radius 3 is 2.86 bits per heavy atom. The number of phenolic OH excluding ortho intramolecular Hbond substituents is 1. The molecule has 0 radical (unpaired) electrons. The van der Waals surface area contributed by atoms with Gasteiger partial charge in [0.15, 0.2) is 0 Å². The maximum absolute atomic E-state index is 10.7. The van der Waals surface area contributed by atoms with Gasteiger partial charge < -0.3 is 15.2 Å². The second kappa shape index (κ2) is 5.14. The number of halogens is 1. The lowest BCUT2D eigenvalue weighted by atomic mass is 10.1. The fourth-order valence-electron chi connectivity index (χ4n) is 2.26. The Hall–Kier alpha value is -2.47. The molecule has 1 atom stereocenters. The SMILES string of the molecule is O=[N+]([O-])c1ccc(NC2COc3cc(O)ccc32)cc1Cl. The fourth-order valence-corrected chi connectivity index (χ4v) is 2.51. The number of ether oxygens (including phenoxy) is 1. The van der Waals surface area contributed by atoms with Crippen LogP contribution in [0.3, 0.4) is 0 Å². The van der Waals surface area contributed by atoms with Crippen molar-refractivity contribution in [3.63, 3.8) is 0 Å². The van der Waals surface area contributed by atoms with Gasteiger partial charge in [-0.3, -0.25) is 10.1 Å². The van der Waals surface area contributed by atoms with Crippen LogP contribution in [-0.2, 0) is 0 Å². The van der Waals surface area contributed by atoms with E-state index in [4.69, 9.17) is 16.3 Å². The van der Waals surface area contributed by atoms with Crippen LogP contribution in [0.15, 0.2) is 36.4 Å². The lowest BCUT2D eigenvalue weighted by Gasteiger charge is -2.13. The Labute approximate surface area is 125 Å². The predicted molar refractivity (Wildman–Crippen MR) is 78.1 cm³/mol. The topological polar surface area (TPSA) is 84.6 Å². The molecule has 2 aromatic rings. The minimum atomic E-state index is -0.525. The number of nitrogens with one attached hydrogen (secondary N) is 1. The van der Waals surface area contributed by atoms with Gasteiger partial charge in [-0.1, -0.05) is 11.6 Å². The summed E-state index contributed by atoms with van der Waals surface area (Å²) in [6.45, 7) is 0.410. The molecule has 21 heavy (non-hydrogen) atoms. The molecule has 1 unspecified atom stereocenters. The van der Waals surface area contributed by atoms with Crippen LogP contribution in [0, 0.1) is 10.1 Å². The lowest BCUT2D eigenvalue weighted by molar-refractivity contribution is -0.384. The molecule has 0 saturated carbocycles. The molecule has 0 amide bonds. The summed E-state index contributed by atoms with van der Waals surface area (Å²) in [6, 6.07) is 9.30. The van der Waals surface area contributed by atoms with E-state index in [2.05, 4.69) is 5.32 Å². The summed E-state index contributed by atoms with van der Waals surface area (Å²) in [5, 5.41) is 23.4. The monoisotopic (exact) mass is 306 g/mol. The van der Waals surface area contributed by atoms with E-state index in [0.717, 1.165) is 5.56 Å². The third-order valence-corrected chi connectivity index (χ3v) is 3.57. The minimum absolute atomic E-state index is 0.0786. The smallest absolute Gasteiger partial charge is 0.288 e. The largest absolute Gasteiger partial charge is 0.508 e. The number of nitro benzene ring substituents is 1. The maximum Gasteiger partial charge on any atom is 0.288 e. The Morgan fingerprint density at radius 1 is 1.33 bits per heavy atom. The number of hydrogen-bond acceptors (Lipinski definition) is 5. The van der Waals surface area contributed by atoms with E-state index >= 15 is 0 Å². The van der Waals surface area contributed by atoms with Gasteiger partial charge in [0, 0.05) is 23.4 Å². The summed E-state index contributed by atoms with van der Waals surface area (Å²) in [7, 11) is 0. The average Bonchev–Trinajstić information content (AvgIpc) is 2.80. The molecule has 7 heteroatoms. The molecular weight excluding hydrogens is 296 g/mol. The van der Waals surface area contributed by atoms with Gasteiger partial charge in [0.05, 0.1) is 11.0 Å². The van der Waals surface area contributed by atoms with Crippen molar-refractivity contribution in [2.24, 2.45) is 0 Å². The number of hydrogen-bond donors (Lipinski definition) is 2. The molecule has 0 spiro atoms. The molecule has 0 bridgehead atoms.